The molecule has 5 nitrogen and oxygen atoms in total. The molecule has 8 aromatic carbocycles. The molecule has 0 atom stereocenters. The monoisotopic (exact) mass is 791 g/mol. The van der Waals surface area contributed by atoms with E-state index in [2.05, 4.69) is 170 Å². The van der Waals surface area contributed by atoms with E-state index in [1.54, 1.807) is 0 Å². The average Bonchev–Trinajstić information content (AvgIpc) is 3.36. The summed E-state index contributed by atoms with van der Waals surface area (Å²) >= 11 is 0. The predicted octanol–water partition coefficient (Wildman–Crippen LogP) is 14.3. The zero-order valence-corrected chi connectivity index (χ0v) is 33.6. The van der Waals surface area contributed by atoms with E-state index in [9.17, 15) is 0 Å². The van der Waals surface area contributed by atoms with Gasteiger partial charge < -0.3 is 0 Å². The van der Waals surface area contributed by atoms with Gasteiger partial charge in [0, 0.05) is 22.3 Å². The molecular weight excluding hydrogens is 755 g/mol. The molecular formula is C57H37N5. The molecule has 0 aliphatic rings. The number of hydrogen-bond acceptors (Lipinski definition) is 5. The topological polar surface area (TPSA) is 64.5 Å². The Kier molecular flexibility index (Phi) is 9.45. The predicted molar refractivity (Wildman–Crippen MR) is 254 cm³/mol. The van der Waals surface area contributed by atoms with Crippen molar-refractivity contribution >= 4 is 21.5 Å². The molecule has 0 aliphatic heterocycles. The molecule has 11 aromatic rings. The van der Waals surface area contributed by atoms with Crippen LogP contribution >= 0.6 is 0 Å². The lowest BCUT2D eigenvalue weighted by Gasteiger charge is -2.12. The fourth-order valence-corrected chi connectivity index (χ4v) is 8.07. The van der Waals surface area contributed by atoms with Gasteiger partial charge >= 0.3 is 0 Å². The highest BCUT2D eigenvalue weighted by molar-refractivity contribution is 5.89. The molecule has 3 heterocycles. The first kappa shape index (κ1) is 36.7. The zero-order valence-electron chi connectivity index (χ0n) is 33.6. The molecule has 0 aliphatic carbocycles. The normalized spacial score (nSPS) is 11.2. The Hall–Kier alpha value is -8.41. The number of benzene rings is 8. The van der Waals surface area contributed by atoms with Crippen LogP contribution in [0, 0.1) is 0 Å². The largest absolute Gasteiger partial charge is 0.241 e. The second-order valence-corrected chi connectivity index (χ2v) is 15.3. The van der Waals surface area contributed by atoms with Gasteiger partial charge in [0.05, 0.1) is 22.8 Å². The minimum Gasteiger partial charge on any atom is -0.241 e. The van der Waals surface area contributed by atoms with Crippen molar-refractivity contribution in [3.8, 4) is 90.3 Å². The molecule has 0 N–H and O–H groups in total. The third-order valence-corrected chi connectivity index (χ3v) is 11.3. The Morgan fingerprint density at radius 1 is 0.177 bits per heavy atom. The van der Waals surface area contributed by atoms with Crippen LogP contribution in [0.2, 0.25) is 0 Å². The highest BCUT2D eigenvalue weighted by Gasteiger charge is 2.17. The summed E-state index contributed by atoms with van der Waals surface area (Å²) < 4.78 is 0. The third-order valence-electron chi connectivity index (χ3n) is 11.3. The Balaban J connectivity index is 1.01. The standard InChI is InChI=1S/C57H37N5/c1-3-16-40(17-4-1)52-36-54(48-24-11-22-44(34-48)46-30-28-38-14-7-9-20-42(38)32-46)61-56(59-52)50-26-13-27-51(58-50)57-60-53(41-18-5-2-6-19-41)37-55(62-57)49-25-12-23-45(35-49)47-31-29-39-15-8-10-21-43(39)33-47/h1-37H. The zero-order chi connectivity index (χ0) is 41.2. The van der Waals surface area contributed by atoms with Crippen LogP contribution in [0.5, 0.6) is 0 Å². The van der Waals surface area contributed by atoms with Gasteiger partial charge in [-0.05, 0) is 92.3 Å². The van der Waals surface area contributed by atoms with Crippen LogP contribution in [0.4, 0.5) is 0 Å². The molecule has 5 heteroatoms. The minimum atomic E-state index is 0.516. The lowest BCUT2D eigenvalue weighted by atomic mass is 9.98. The van der Waals surface area contributed by atoms with Gasteiger partial charge in [-0.2, -0.15) is 0 Å². The maximum absolute atomic E-state index is 5.19. The number of nitrogens with zero attached hydrogens (tertiary/aromatic N) is 5. The molecule has 3 aromatic heterocycles. The SMILES string of the molecule is c1ccc(-c2cc(-c3cccc(-c4ccc5ccccc5c4)c3)nc(-c3cccc(-c4nc(-c5ccccc5)cc(-c5cccc(-c6ccc7ccccc7c6)c5)n4)n3)n2)cc1. The Labute approximate surface area is 359 Å². The van der Waals surface area contributed by atoms with Crippen LogP contribution in [-0.4, -0.2) is 24.9 Å². The van der Waals surface area contributed by atoms with Crippen LogP contribution in [0.1, 0.15) is 0 Å². The minimum absolute atomic E-state index is 0.516. The van der Waals surface area contributed by atoms with Crippen molar-refractivity contribution < 1.29 is 0 Å². The van der Waals surface area contributed by atoms with E-state index < -0.39 is 0 Å². The van der Waals surface area contributed by atoms with E-state index in [0.717, 1.165) is 67.3 Å². The Bertz CT molecular complexity index is 3190. The van der Waals surface area contributed by atoms with Gasteiger partial charge in [0.1, 0.15) is 11.4 Å². The van der Waals surface area contributed by atoms with Gasteiger partial charge in [-0.1, -0.05) is 176 Å². The van der Waals surface area contributed by atoms with Gasteiger partial charge in [0.2, 0.25) is 0 Å². The highest BCUT2D eigenvalue weighted by atomic mass is 15.0. The van der Waals surface area contributed by atoms with E-state index in [0.29, 0.717) is 23.0 Å². The number of aromatic nitrogens is 5. The Morgan fingerprint density at radius 2 is 0.516 bits per heavy atom. The van der Waals surface area contributed by atoms with E-state index in [4.69, 9.17) is 24.9 Å². The molecule has 290 valence electrons. The van der Waals surface area contributed by atoms with E-state index in [-0.39, 0.29) is 0 Å². The number of rotatable bonds is 8. The van der Waals surface area contributed by atoms with Crippen LogP contribution in [0.3, 0.4) is 0 Å². The molecule has 0 bridgehead atoms. The van der Waals surface area contributed by atoms with Crippen molar-refractivity contribution in [3.63, 3.8) is 0 Å². The lowest BCUT2D eigenvalue weighted by Crippen LogP contribution is -2.00. The quantitative estimate of drug-likeness (QED) is 0.153. The van der Waals surface area contributed by atoms with Crippen LogP contribution in [0.25, 0.3) is 112 Å². The molecule has 0 amide bonds. The molecule has 0 fully saturated rings. The molecule has 0 radical (unpaired) electrons. The average molecular weight is 792 g/mol. The first-order chi connectivity index (χ1) is 30.7. The number of pyridine rings is 1. The third kappa shape index (κ3) is 7.40. The van der Waals surface area contributed by atoms with Gasteiger partial charge in [-0.3, -0.25) is 0 Å². The van der Waals surface area contributed by atoms with E-state index in [1.807, 2.05) is 54.6 Å². The maximum Gasteiger partial charge on any atom is 0.179 e. The summed E-state index contributed by atoms with van der Waals surface area (Å²) in [6.07, 6.45) is 0. The molecule has 0 spiro atoms. The molecule has 0 unspecified atom stereocenters. The van der Waals surface area contributed by atoms with Crippen molar-refractivity contribution in [3.05, 3.63) is 224 Å². The lowest BCUT2D eigenvalue weighted by molar-refractivity contribution is 1.12. The first-order valence-corrected chi connectivity index (χ1v) is 20.7. The molecule has 62 heavy (non-hydrogen) atoms. The molecule has 0 saturated heterocycles. The molecule has 11 rings (SSSR count). The fourth-order valence-electron chi connectivity index (χ4n) is 8.07. The van der Waals surface area contributed by atoms with E-state index in [1.165, 1.54) is 21.5 Å². The molecule has 0 saturated carbocycles. The summed E-state index contributed by atoms with van der Waals surface area (Å²) in [4.78, 5) is 25.8. The highest BCUT2D eigenvalue weighted by Crippen LogP contribution is 2.34. The van der Waals surface area contributed by atoms with Crippen LogP contribution < -0.4 is 0 Å². The smallest absolute Gasteiger partial charge is 0.179 e. The van der Waals surface area contributed by atoms with Gasteiger partial charge in [0.25, 0.3) is 0 Å². The van der Waals surface area contributed by atoms with Crippen molar-refractivity contribution in [2.75, 3.05) is 0 Å². The fraction of sp³-hybridized carbons (Fsp3) is 0. The summed E-state index contributed by atoms with van der Waals surface area (Å²) in [7, 11) is 0. The van der Waals surface area contributed by atoms with E-state index >= 15 is 0 Å². The van der Waals surface area contributed by atoms with Crippen LogP contribution in [0.15, 0.2) is 224 Å². The summed E-state index contributed by atoms with van der Waals surface area (Å²) in [5, 5.41) is 4.85. The second-order valence-electron chi connectivity index (χ2n) is 15.3. The van der Waals surface area contributed by atoms with Crippen molar-refractivity contribution in [2.45, 2.75) is 0 Å². The van der Waals surface area contributed by atoms with Crippen molar-refractivity contribution in [2.24, 2.45) is 0 Å². The maximum atomic E-state index is 5.19. The summed E-state index contributed by atoms with van der Waals surface area (Å²) in [5.41, 5.74) is 13.0. The van der Waals surface area contributed by atoms with Crippen LogP contribution in [-0.2, 0) is 0 Å². The summed E-state index contributed by atoms with van der Waals surface area (Å²) in [6.45, 7) is 0. The van der Waals surface area contributed by atoms with Crippen molar-refractivity contribution in [1.29, 1.82) is 0 Å². The Morgan fingerprint density at radius 3 is 0.968 bits per heavy atom. The number of hydrogen-bond donors (Lipinski definition) is 0. The second kappa shape index (κ2) is 16.0. The summed E-state index contributed by atoms with van der Waals surface area (Å²) in [5.74, 6) is 1.03. The van der Waals surface area contributed by atoms with Gasteiger partial charge in [-0.15, -0.1) is 0 Å². The van der Waals surface area contributed by atoms with Gasteiger partial charge in [-0.25, -0.2) is 24.9 Å². The van der Waals surface area contributed by atoms with Gasteiger partial charge in [0.15, 0.2) is 11.6 Å². The van der Waals surface area contributed by atoms with Crippen molar-refractivity contribution in [1.82, 2.24) is 24.9 Å². The first-order valence-electron chi connectivity index (χ1n) is 20.7. The number of fused-ring (bicyclic) bond motifs is 2. The summed E-state index contributed by atoms with van der Waals surface area (Å²) in [6, 6.07) is 77.7.